The average Bonchev–Trinajstić information content (AvgIpc) is 2.78. The van der Waals surface area contributed by atoms with Gasteiger partial charge in [0, 0.05) is 25.6 Å². The lowest BCUT2D eigenvalue weighted by molar-refractivity contribution is 0.0205. The molecule has 114 valence electrons. The quantitative estimate of drug-likeness (QED) is 0.625. The minimum absolute atomic E-state index is 0.0964. The molecule has 0 aliphatic rings. The summed E-state index contributed by atoms with van der Waals surface area (Å²) >= 11 is 5.19. The fourth-order valence-corrected chi connectivity index (χ4v) is 3.19. The van der Waals surface area contributed by atoms with E-state index in [9.17, 15) is 0 Å². The number of nitrogens with one attached hydrogen (secondary N) is 2. The molecule has 0 saturated heterocycles. The van der Waals surface area contributed by atoms with E-state index in [2.05, 4.69) is 64.5 Å². The molecule has 20 heavy (non-hydrogen) atoms. The van der Waals surface area contributed by atoms with Crippen LogP contribution < -0.4 is 10.6 Å². The summed E-state index contributed by atoms with van der Waals surface area (Å²) < 4.78 is 6.67. The van der Waals surface area contributed by atoms with E-state index in [1.807, 2.05) is 0 Å². The van der Waals surface area contributed by atoms with Crippen LogP contribution in [0.2, 0.25) is 0 Å². The number of hydrogen-bond acceptors (Lipinski definition) is 3. The summed E-state index contributed by atoms with van der Waals surface area (Å²) in [4.78, 5) is 5.49. The Balaban J connectivity index is 2.44. The van der Waals surface area contributed by atoms with E-state index in [0.29, 0.717) is 0 Å². The van der Waals surface area contributed by atoms with Crippen LogP contribution in [0, 0.1) is 5.41 Å². The van der Waals surface area contributed by atoms with Crippen molar-refractivity contribution in [3.05, 3.63) is 20.8 Å². The summed E-state index contributed by atoms with van der Waals surface area (Å²) in [5, 5.41) is 6.61. The third-order valence-electron chi connectivity index (χ3n) is 2.99. The standard InChI is InChI=1S/C14H24BrN3OS/c1-14(2,3)11(19-5)9-18-13(16-4)17-8-10-6-7-12(15)20-10/h6-7,11H,8-9H2,1-5H3,(H2,16,17,18). The second kappa shape index (κ2) is 8.00. The van der Waals surface area contributed by atoms with Gasteiger partial charge in [-0.15, -0.1) is 11.3 Å². The fourth-order valence-electron chi connectivity index (χ4n) is 1.77. The third-order valence-corrected chi connectivity index (χ3v) is 4.61. The molecule has 4 nitrogen and oxygen atoms in total. The number of hydrogen-bond donors (Lipinski definition) is 2. The van der Waals surface area contributed by atoms with Gasteiger partial charge in [-0.1, -0.05) is 20.8 Å². The topological polar surface area (TPSA) is 45.7 Å². The molecule has 0 spiro atoms. The second-order valence-corrected chi connectivity index (χ2v) is 8.15. The Morgan fingerprint density at radius 2 is 2.10 bits per heavy atom. The van der Waals surface area contributed by atoms with E-state index < -0.39 is 0 Å². The number of guanidine groups is 1. The van der Waals surface area contributed by atoms with Crippen molar-refractivity contribution in [2.24, 2.45) is 10.4 Å². The number of methoxy groups -OCH3 is 1. The lowest BCUT2D eigenvalue weighted by Gasteiger charge is -2.30. The van der Waals surface area contributed by atoms with Crippen LogP contribution in [0.3, 0.4) is 0 Å². The molecule has 0 fully saturated rings. The van der Waals surface area contributed by atoms with Crippen molar-refractivity contribution in [3.8, 4) is 0 Å². The zero-order valence-corrected chi connectivity index (χ0v) is 15.2. The molecule has 0 aliphatic heterocycles. The Hall–Kier alpha value is -0.590. The Bertz CT molecular complexity index is 440. The SMILES string of the molecule is CN=C(NCc1ccc(Br)s1)NCC(OC)C(C)(C)C. The molecule has 2 N–H and O–H groups in total. The maximum Gasteiger partial charge on any atom is 0.191 e. The maximum absolute atomic E-state index is 5.53. The van der Waals surface area contributed by atoms with E-state index in [1.165, 1.54) is 4.88 Å². The van der Waals surface area contributed by atoms with Crippen LogP contribution in [-0.2, 0) is 11.3 Å². The van der Waals surface area contributed by atoms with Gasteiger partial charge >= 0.3 is 0 Å². The lowest BCUT2D eigenvalue weighted by atomic mass is 9.89. The van der Waals surface area contributed by atoms with E-state index in [1.54, 1.807) is 25.5 Å². The van der Waals surface area contributed by atoms with Crippen LogP contribution in [-0.4, -0.2) is 32.8 Å². The summed E-state index contributed by atoms with van der Waals surface area (Å²) in [5.41, 5.74) is 0.0964. The van der Waals surface area contributed by atoms with Crippen LogP contribution in [0.5, 0.6) is 0 Å². The number of nitrogens with zero attached hydrogens (tertiary/aromatic N) is 1. The van der Waals surface area contributed by atoms with Gasteiger partial charge in [-0.05, 0) is 33.5 Å². The van der Waals surface area contributed by atoms with Crippen molar-refractivity contribution >= 4 is 33.2 Å². The first-order valence-corrected chi connectivity index (χ1v) is 8.19. The zero-order chi connectivity index (χ0) is 15.2. The molecule has 0 aromatic carbocycles. The van der Waals surface area contributed by atoms with Gasteiger partial charge in [-0.3, -0.25) is 4.99 Å². The minimum Gasteiger partial charge on any atom is -0.379 e. The second-order valence-electron chi connectivity index (χ2n) is 5.60. The summed E-state index contributed by atoms with van der Waals surface area (Å²) in [6.07, 6.45) is 0.136. The number of halogens is 1. The Morgan fingerprint density at radius 3 is 2.55 bits per heavy atom. The van der Waals surface area contributed by atoms with E-state index >= 15 is 0 Å². The van der Waals surface area contributed by atoms with Crippen LogP contribution in [0.4, 0.5) is 0 Å². The van der Waals surface area contributed by atoms with Crippen LogP contribution in [0.25, 0.3) is 0 Å². The number of ether oxygens (including phenoxy) is 1. The predicted octanol–water partition coefficient (Wildman–Crippen LogP) is 3.24. The molecule has 0 saturated carbocycles. The highest BCUT2D eigenvalue weighted by Gasteiger charge is 2.24. The lowest BCUT2D eigenvalue weighted by Crippen LogP contribution is -2.45. The summed E-state index contributed by atoms with van der Waals surface area (Å²) in [5.74, 6) is 0.792. The molecule has 6 heteroatoms. The van der Waals surface area contributed by atoms with Gasteiger partial charge in [0.2, 0.25) is 0 Å². The van der Waals surface area contributed by atoms with Gasteiger partial charge in [0.1, 0.15) is 0 Å². The molecule has 0 radical (unpaired) electrons. The van der Waals surface area contributed by atoms with Crippen molar-refractivity contribution in [2.45, 2.75) is 33.4 Å². The summed E-state index contributed by atoms with van der Waals surface area (Å²) in [6.45, 7) is 8.00. The molecule has 0 aliphatic carbocycles. The molecular formula is C14H24BrN3OS. The van der Waals surface area contributed by atoms with E-state index in [4.69, 9.17) is 4.74 Å². The first-order valence-electron chi connectivity index (χ1n) is 6.58. The molecular weight excluding hydrogens is 338 g/mol. The first kappa shape index (κ1) is 17.5. The molecule has 0 amide bonds. The van der Waals surface area contributed by atoms with Crippen molar-refractivity contribution in [1.82, 2.24) is 10.6 Å². The largest absolute Gasteiger partial charge is 0.379 e. The number of thiophene rings is 1. The van der Waals surface area contributed by atoms with Gasteiger partial charge in [0.25, 0.3) is 0 Å². The molecule has 1 rings (SSSR count). The smallest absolute Gasteiger partial charge is 0.191 e. The first-order chi connectivity index (χ1) is 9.36. The van der Waals surface area contributed by atoms with Gasteiger partial charge in [-0.25, -0.2) is 0 Å². The predicted molar refractivity (Wildman–Crippen MR) is 90.5 cm³/mol. The molecule has 1 heterocycles. The number of aliphatic imine (C=N–C) groups is 1. The Kier molecular flexibility index (Phi) is 6.99. The Morgan fingerprint density at radius 1 is 1.40 bits per heavy atom. The van der Waals surface area contributed by atoms with Crippen LogP contribution in [0.15, 0.2) is 20.9 Å². The molecule has 1 unspecified atom stereocenters. The van der Waals surface area contributed by atoms with Crippen molar-refractivity contribution in [1.29, 1.82) is 0 Å². The van der Waals surface area contributed by atoms with Gasteiger partial charge in [-0.2, -0.15) is 0 Å². The highest BCUT2D eigenvalue weighted by Crippen LogP contribution is 2.22. The normalized spacial score (nSPS) is 14.2. The highest BCUT2D eigenvalue weighted by molar-refractivity contribution is 9.11. The Labute approximate surface area is 134 Å². The molecule has 0 bridgehead atoms. The number of rotatable bonds is 5. The van der Waals surface area contributed by atoms with E-state index in [-0.39, 0.29) is 11.5 Å². The van der Waals surface area contributed by atoms with Crippen molar-refractivity contribution in [3.63, 3.8) is 0 Å². The summed E-state index contributed by atoms with van der Waals surface area (Å²) in [7, 11) is 3.52. The van der Waals surface area contributed by atoms with Gasteiger partial charge in [0.15, 0.2) is 5.96 Å². The van der Waals surface area contributed by atoms with Gasteiger partial charge < -0.3 is 15.4 Å². The van der Waals surface area contributed by atoms with E-state index in [0.717, 1.165) is 22.8 Å². The monoisotopic (exact) mass is 361 g/mol. The molecule has 1 aromatic heterocycles. The van der Waals surface area contributed by atoms with Crippen LogP contribution >= 0.6 is 27.3 Å². The minimum atomic E-state index is 0.0964. The average molecular weight is 362 g/mol. The highest BCUT2D eigenvalue weighted by atomic mass is 79.9. The summed E-state index contributed by atoms with van der Waals surface area (Å²) in [6, 6.07) is 4.15. The maximum atomic E-state index is 5.53. The molecule has 1 atom stereocenters. The van der Waals surface area contributed by atoms with Crippen LogP contribution in [0.1, 0.15) is 25.6 Å². The van der Waals surface area contributed by atoms with Crippen molar-refractivity contribution in [2.75, 3.05) is 20.7 Å². The third kappa shape index (κ3) is 5.81. The van der Waals surface area contributed by atoms with Gasteiger partial charge in [0.05, 0.1) is 16.4 Å². The van der Waals surface area contributed by atoms with Crippen molar-refractivity contribution < 1.29 is 4.74 Å². The molecule has 1 aromatic rings. The zero-order valence-electron chi connectivity index (χ0n) is 12.8. The fraction of sp³-hybridized carbons (Fsp3) is 0.643.